The first-order chi connectivity index (χ1) is 14.0. The van der Waals surface area contributed by atoms with Crippen molar-refractivity contribution >= 4 is 17.4 Å². The monoisotopic (exact) mass is 397 g/mol. The Labute approximate surface area is 169 Å². The molecule has 0 saturated carbocycles. The molecule has 0 radical (unpaired) electrons. The Bertz CT molecular complexity index is 936. The number of ketones is 1. The third kappa shape index (κ3) is 4.16. The maximum Gasteiger partial charge on any atom is 0.295 e. The molecule has 1 heterocycles. The number of benzene rings is 2. The maximum atomic E-state index is 13.5. The van der Waals surface area contributed by atoms with Gasteiger partial charge in [0, 0.05) is 12.1 Å². The Morgan fingerprint density at radius 3 is 2.52 bits per heavy atom. The minimum Gasteiger partial charge on any atom is -0.507 e. The van der Waals surface area contributed by atoms with Gasteiger partial charge in [-0.2, -0.15) is 0 Å². The predicted molar refractivity (Wildman–Crippen MR) is 108 cm³/mol. The number of unbranched alkanes of at least 4 members (excludes halogenated alkanes) is 2. The molecule has 0 aliphatic carbocycles. The summed E-state index contributed by atoms with van der Waals surface area (Å²) in [5.41, 5.74) is 0.959. The van der Waals surface area contributed by atoms with Gasteiger partial charge in [-0.15, -0.1) is 0 Å². The third-order valence-electron chi connectivity index (χ3n) is 5.07. The summed E-state index contributed by atoms with van der Waals surface area (Å²) in [6, 6.07) is 11.5. The largest absolute Gasteiger partial charge is 0.507 e. The number of likely N-dealkylation sites (tertiary alicyclic amines) is 1. The molecule has 1 amide bonds. The smallest absolute Gasteiger partial charge is 0.295 e. The lowest BCUT2D eigenvalue weighted by atomic mass is 9.95. The number of amides is 1. The molecular formula is C23H24FNO4. The molecule has 1 saturated heterocycles. The second-order valence-corrected chi connectivity index (χ2v) is 6.98. The lowest BCUT2D eigenvalue weighted by Gasteiger charge is -2.25. The van der Waals surface area contributed by atoms with E-state index < -0.39 is 23.5 Å². The van der Waals surface area contributed by atoms with Crippen molar-refractivity contribution in [2.24, 2.45) is 0 Å². The quantitative estimate of drug-likeness (QED) is 0.325. The first-order valence-electron chi connectivity index (χ1n) is 9.66. The fraction of sp³-hybridized carbons (Fsp3) is 0.304. The number of ether oxygens (including phenoxy) is 1. The number of halogens is 1. The molecule has 1 fully saturated rings. The molecule has 0 bridgehead atoms. The van der Waals surface area contributed by atoms with Crippen molar-refractivity contribution in [1.82, 2.24) is 4.90 Å². The van der Waals surface area contributed by atoms with E-state index in [1.165, 1.54) is 36.3 Å². The zero-order valence-electron chi connectivity index (χ0n) is 16.5. The van der Waals surface area contributed by atoms with Crippen molar-refractivity contribution in [3.63, 3.8) is 0 Å². The predicted octanol–water partition coefficient (Wildman–Crippen LogP) is 4.45. The second-order valence-electron chi connectivity index (χ2n) is 6.98. The van der Waals surface area contributed by atoms with Crippen molar-refractivity contribution in [2.75, 3.05) is 13.7 Å². The van der Waals surface area contributed by atoms with Crippen LogP contribution < -0.4 is 4.74 Å². The van der Waals surface area contributed by atoms with Gasteiger partial charge in [-0.1, -0.05) is 44.0 Å². The standard InChI is InChI=1S/C23H24FNO4/c1-3-4-5-13-25-20(15-9-11-17(24)12-10-15)19(22(27)23(25)28)21(26)16-7-6-8-18(14-16)29-2/h6-12,14,20,26H,3-5,13H2,1-2H3/b21-19-. The molecule has 2 aromatic rings. The van der Waals surface area contributed by atoms with E-state index in [0.717, 1.165) is 19.3 Å². The van der Waals surface area contributed by atoms with E-state index in [9.17, 15) is 19.1 Å². The summed E-state index contributed by atoms with van der Waals surface area (Å²) < 4.78 is 18.6. The van der Waals surface area contributed by atoms with E-state index in [2.05, 4.69) is 0 Å². The Kier molecular flexibility index (Phi) is 6.32. The number of hydrogen-bond acceptors (Lipinski definition) is 4. The molecule has 3 rings (SSSR count). The summed E-state index contributed by atoms with van der Waals surface area (Å²) in [6.07, 6.45) is 2.62. The molecule has 1 N–H and O–H groups in total. The summed E-state index contributed by atoms with van der Waals surface area (Å²) >= 11 is 0. The van der Waals surface area contributed by atoms with E-state index in [1.54, 1.807) is 24.3 Å². The Morgan fingerprint density at radius 1 is 1.14 bits per heavy atom. The van der Waals surface area contributed by atoms with Crippen LogP contribution in [0.2, 0.25) is 0 Å². The van der Waals surface area contributed by atoms with Gasteiger partial charge in [0.1, 0.15) is 17.3 Å². The second kappa shape index (κ2) is 8.90. The van der Waals surface area contributed by atoms with Gasteiger partial charge in [0.15, 0.2) is 0 Å². The molecule has 0 aromatic heterocycles. The molecule has 1 atom stereocenters. The van der Waals surface area contributed by atoms with Gasteiger partial charge in [0.2, 0.25) is 0 Å². The summed E-state index contributed by atoms with van der Waals surface area (Å²) in [7, 11) is 1.50. The van der Waals surface area contributed by atoms with Gasteiger partial charge in [0.25, 0.3) is 11.7 Å². The molecule has 5 nitrogen and oxygen atoms in total. The molecule has 29 heavy (non-hydrogen) atoms. The van der Waals surface area contributed by atoms with E-state index in [-0.39, 0.29) is 11.3 Å². The van der Waals surface area contributed by atoms with Crippen molar-refractivity contribution in [2.45, 2.75) is 32.2 Å². The highest BCUT2D eigenvalue weighted by Crippen LogP contribution is 2.39. The number of aliphatic hydroxyl groups is 1. The molecule has 2 aromatic carbocycles. The first kappa shape index (κ1) is 20.6. The maximum absolute atomic E-state index is 13.5. The normalized spacial score (nSPS) is 18.3. The number of carbonyl (C=O) groups is 2. The lowest BCUT2D eigenvalue weighted by Crippen LogP contribution is -2.30. The van der Waals surface area contributed by atoms with E-state index in [0.29, 0.717) is 23.4 Å². The molecule has 152 valence electrons. The van der Waals surface area contributed by atoms with Crippen LogP contribution in [0.25, 0.3) is 5.76 Å². The van der Waals surface area contributed by atoms with Gasteiger partial charge in [-0.25, -0.2) is 4.39 Å². The molecular weight excluding hydrogens is 373 g/mol. The summed E-state index contributed by atoms with van der Waals surface area (Å²) in [5.74, 6) is -1.56. The highest BCUT2D eigenvalue weighted by atomic mass is 19.1. The van der Waals surface area contributed by atoms with Crippen LogP contribution in [0.5, 0.6) is 5.75 Å². The zero-order valence-corrected chi connectivity index (χ0v) is 16.5. The minimum atomic E-state index is -0.765. The Hall–Kier alpha value is -3.15. The topological polar surface area (TPSA) is 66.8 Å². The van der Waals surface area contributed by atoms with Crippen LogP contribution in [0.1, 0.15) is 43.4 Å². The molecule has 0 spiro atoms. The van der Waals surface area contributed by atoms with E-state index >= 15 is 0 Å². The summed E-state index contributed by atoms with van der Waals surface area (Å²) in [6.45, 7) is 2.43. The first-order valence-corrected chi connectivity index (χ1v) is 9.66. The van der Waals surface area contributed by atoms with Crippen molar-refractivity contribution in [3.05, 3.63) is 71.0 Å². The number of Topliss-reactive ketones (excluding diaryl/α,β-unsaturated/α-hetero) is 1. The van der Waals surface area contributed by atoms with Crippen LogP contribution in [-0.4, -0.2) is 35.4 Å². The zero-order chi connectivity index (χ0) is 21.0. The number of aliphatic hydroxyl groups excluding tert-OH is 1. The number of rotatable bonds is 7. The Morgan fingerprint density at radius 2 is 1.86 bits per heavy atom. The molecule has 1 aliphatic heterocycles. The Balaban J connectivity index is 2.12. The fourth-order valence-electron chi connectivity index (χ4n) is 3.56. The summed E-state index contributed by atoms with van der Waals surface area (Å²) in [4.78, 5) is 27.1. The lowest BCUT2D eigenvalue weighted by molar-refractivity contribution is -0.139. The van der Waals surface area contributed by atoms with Gasteiger partial charge in [0.05, 0.1) is 18.7 Å². The van der Waals surface area contributed by atoms with Gasteiger partial charge < -0.3 is 14.7 Å². The van der Waals surface area contributed by atoms with E-state index in [4.69, 9.17) is 4.74 Å². The van der Waals surface area contributed by atoms with Crippen molar-refractivity contribution in [3.8, 4) is 5.75 Å². The van der Waals surface area contributed by atoms with Crippen LogP contribution >= 0.6 is 0 Å². The molecule has 1 unspecified atom stereocenters. The molecule has 1 aliphatic rings. The van der Waals surface area contributed by atoms with E-state index in [1.807, 2.05) is 6.92 Å². The number of nitrogens with zero attached hydrogens (tertiary/aromatic N) is 1. The van der Waals surface area contributed by atoms with Crippen LogP contribution in [0.4, 0.5) is 4.39 Å². The van der Waals surface area contributed by atoms with Gasteiger partial charge in [-0.3, -0.25) is 9.59 Å². The average Bonchev–Trinajstić information content (AvgIpc) is 2.99. The van der Waals surface area contributed by atoms with Gasteiger partial charge in [-0.05, 0) is 36.2 Å². The fourth-order valence-corrected chi connectivity index (χ4v) is 3.56. The number of hydrogen-bond donors (Lipinski definition) is 1. The highest BCUT2D eigenvalue weighted by Gasteiger charge is 2.45. The average molecular weight is 397 g/mol. The van der Waals surface area contributed by atoms with Crippen LogP contribution in [0.3, 0.4) is 0 Å². The van der Waals surface area contributed by atoms with Crippen molar-refractivity contribution in [1.29, 1.82) is 0 Å². The van der Waals surface area contributed by atoms with Crippen LogP contribution in [0.15, 0.2) is 54.1 Å². The van der Waals surface area contributed by atoms with Crippen molar-refractivity contribution < 1.29 is 23.8 Å². The van der Waals surface area contributed by atoms with Gasteiger partial charge >= 0.3 is 0 Å². The number of carbonyl (C=O) groups excluding carboxylic acids is 2. The number of methoxy groups -OCH3 is 1. The van der Waals surface area contributed by atoms with Crippen LogP contribution in [0, 0.1) is 5.82 Å². The minimum absolute atomic E-state index is 0.00589. The third-order valence-corrected chi connectivity index (χ3v) is 5.07. The molecule has 6 heteroatoms. The van der Waals surface area contributed by atoms with Crippen LogP contribution in [-0.2, 0) is 9.59 Å². The SMILES string of the molecule is CCCCCN1C(=O)C(=O)/C(=C(\O)c2cccc(OC)c2)C1c1ccc(F)cc1. The highest BCUT2D eigenvalue weighted by molar-refractivity contribution is 6.46. The summed E-state index contributed by atoms with van der Waals surface area (Å²) in [5, 5.41) is 11.0.